The molecule has 3 nitrogen and oxygen atoms in total. The topological polar surface area (TPSA) is 52.3 Å². The predicted molar refractivity (Wildman–Crippen MR) is 68.3 cm³/mol. The molecule has 1 aromatic carbocycles. The average Bonchev–Trinajstić information content (AvgIpc) is 2.82. The lowest BCUT2D eigenvalue weighted by molar-refractivity contribution is 0.0603. The van der Waals surface area contributed by atoms with Crippen LogP contribution in [0, 0.1) is 0 Å². The normalized spacial score (nSPS) is 12.1. The molecule has 86 valence electrons. The van der Waals surface area contributed by atoms with Crippen LogP contribution < -0.4 is 5.73 Å². The highest BCUT2D eigenvalue weighted by Gasteiger charge is 2.29. The molecule has 1 aliphatic rings. The van der Waals surface area contributed by atoms with Crippen molar-refractivity contribution in [2.45, 2.75) is 6.42 Å². The molecular weight excluding hydrogens is 234 g/mol. The summed E-state index contributed by atoms with van der Waals surface area (Å²) in [6, 6.07) is 8.10. The fraction of sp³-hybridized carbons (Fsp3) is 0.154. The minimum absolute atomic E-state index is 0.350. The highest BCUT2D eigenvalue weighted by molar-refractivity contribution is 7.17. The van der Waals surface area contributed by atoms with E-state index in [9.17, 15) is 4.79 Å². The molecule has 1 heterocycles. The van der Waals surface area contributed by atoms with Crippen LogP contribution in [0.1, 0.15) is 20.8 Å². The maximum atomic E-state index is 11.8. The second-order valence-electron chi connectivity index (χ2n) is 3.96. The van der Waals surface area contributed by atoms with Crippen LogP contribution in [0.15, 0.2) is 24.3 Å². The molecule has 0 bridgehead atoms. The van der Waals surface area contributed by atoms with Crippen molar-refractivity contribution in [1.82, 2.24) is 0 Å². The van der Waals surface area contributed by atoms with Gasteiger partial charge < -0.3 is 10.5 Å². The number of fused-ring (bicyclic) bond motifs is 3. The van der Waals surface area contributed by atoms with Gasteiger partial charge in [-0.05, 0) is 11.1 Å². The van der Waals surface area contributed by atoms with Gasteiger partial charge in [0, 0.05) is 16.9 Å². The van der Waals surface area contributed by atoms with Crippen molar-refractivity contribution < 1.29 is 9.53 Å². The van der Waals surface area contributed by atoms with E-state index in [1.807, 2.05) is 18.2 Å². The number of carbonyl (C=O) groups excluding carboxylic acids is 1. The molecule has 2 N–H and O–H groups in total. The van der Waals surface area contributed by atoms with Crippen molar-refractivity contribution >= 4 is 22.3 Å². The Morgan fingerprint density at radius 1 is 1.41 bits per heavy atom. The third-order valence-electron chi connectivity index (χ3n) is 3.04. The number of esters is 1. The van der Waals surface area contributed by atoms with Gasteiger partial charge in [0.15, 0.2) is 0 Å². The Morgan fingerprint density at radius 2 is 2.18 bits per heavy atom. The highest BCUT2D eigenvalue weighted by atomic mass is 32.1. The largest absolute Gasteiger partial charge is 0.465 e. The monoisotopic (exact) mass is 245 g/mol. The minimum Gasteiger partial charge on any atom is -0.465 e. The summed E-state index contributed by atoms with van der Waals surface area (Å²) >= 11 is 1.48. The van der Waals surface area contributed by atoms with E-state index in [0.717, 1.165) is 22.4 Å². The van der Waals surface area contributed by atoms with E-state index >= 15 is 0 Å². The van der Waals surface area contributed by atoms with Gasteiger partial charge in [-0.3, -0.25) is 0 Å². The lowest BCUT2D eigenvalue weighted by Crippen LogP contribution is -2.04. The smallest absolute Gasteiger partial charge is 0.341 e. The quantitative estimate of drug-likeness (QED) is 0.671. The predicted octanol–water partition coefficient (Wildman–Crippen LogP) is 2.69. The van der Waals surface area contributed by atoms with Gasteiger partial charge in [0.05, 0.1) is 7.11 Å². The number of nitrogen functional groups attached to an aromatic ring is 1. The van der Waals surface area contributed by atoms with Crippen molar-refractivity contribution in [2.75, 3.05) is 12.8 Å². The van der Waals surface area contributed by atoms with E-state index in [4.69, 9.17) is 10.5 Å². The highest BCUT2D eigenvalue weighted by Crippen LogP contribution is 2.46. The molecule has 17 heavy (non-hydrogen) atoms. The number of carbonyl (C=O) groups is 1. The molecule has 4 heteroatoms. The van der Waals surface area contributed by atoms with Gasteiger partial charge in [0.25, 0.3) is 0 Å². The lowest BCUT2D eigenvalue weighted by atomic mass is 10.0. The number of thiophene rings is 1. The number of anilines is 1. The molecule has 0 aliphatic heterocycles. The van der Waals surface area contributed by atoms with E-state index in [1.54, 1.807) is 0 Å². The molecule has 0 unspecified atom stereocenters. The summed E-state index contributed by atoms with van der Waals surface area (Å²) in [5.74, 6) is -0.350. The van der Waals surface area contributed by atoms with Crippen LogP contribution in [0.4, 0.5) is 5.00 Å². The van der Waals surface area contributed by atoms with Gasteiger partial charge in [-0.15, -0.1) is 11.3 Å². The first-order chi connectivity index (χ1) is 8.22. The van der Waals surface area contributed by atoms with E-state index in [2.05, 4.69) is 6.07 Å². The van der Waals surface area contributed by atoms with E-state index in [1.165, 1.54) is 24.0 Å². The number of ether oxygens (including phenoxy) is 1. The van der Waals surface area contributed by atoms with Gasteiger partial charge >= 0.3 is 5.97 Å². The lowest BCUT2D eigenvalue weighted by Gasteiger charge is -2.03. The van der Waals surface area contributed by atoms with Crippen LogP contribution in [0.5, 0.6) is 0 Å². The summed E-state index contributed by atoms with van der Waals surface area (Å²) in [6.07, 6.45) is 0.858. The Hall–Kier alpha value is -1.81. The molecule has 2 aromatic rings. The van der Waals surface area contributed by atoms with E-state index in [0.29, 0.717) is 10.6 Å². The molecular formula is C13H11NO2S. The SMILES string of the molecule is COC(=O)c1c(N)sc2c1-c1ccccc1C2. The second-order valence-corrected chi connectivity index (χ2v) is 5.10. The van der Waals surface area contributed by atoms with Crippen molar-refractivity contribution in [3.63, 3.8) is 0 Å². The minimum atomic E-state index is -0.350. The molecule has 0 spiro atoms. The Bertz CT molecular complexity index is 616. The van der Waals surface area contributed by atoms with Crippen molar-refractivity contribution in [3.8, 4) is 11.1 Å². The fourth-order valence-electron chi connectivity index (χ4n) is 2.30. The number of hydrogen-bond acceptors (Lipinski definition) is 4. The van der Waals surface area contributed by atoms with Crippen molar-refractivity contribution in [1.29, 1.82) is 0 Å². The third-order valence-corrected chi connectivity index (χ3v) is 4.05. The van der Waals surface area contributed by atoms with Crippen molar-refractivity contribution in [2.24, 2.45) is 0 Å². The maximum Gasteiger partial charge on any atom is 0.341 e. The third kappa shape index (κ3) is 1.37. The average molecular weight is 245 g/mol. The summed E-state index contributed by atoms with van der Waals surface area (Å²) < 4.78 is 4.80. The molecule has 0 radical (unpaired) electrons. The van der Waals surface area contributed by atoms with E-state index in [-0.39, 0.29) is 5.97 Å². The molecule has 0 atom stereocenters. The number of methoxy groups -OCH3 is 1. The standard InChI is InChI=1S/C13H11NO2S/c1-16-13(15)11-10-8-5-3-2-4-7(8)6-9(10)17-12(11)14/h2-5H,6,14H2,1H3. The van der Waals surface area contributed by atoms with Gasteiger partial charge in [-0.25, -0.2) is 4.79 Å². The Balaban J connectivity index is 2.27. The number of nitrogens with two attached hydrogens (primary N) is 1. The van der Waals surface area contributed by atoms with Crippen LogP contribution in [0.25, 0.3) is 11.1 Å². The number of benzene rings is 1. The van der Waals surface area contributed by atoms with Crippen LogP contribution >= 0.6 is 11.3 Å². The van der Waals surface area contributed by atoms with Crippen LogP contribution in [-0.2, 0) is 11.2 Å². The molecule has 3 rings (SSSR count). The van der Waals surface area contributed by atoms with Crippen LogP contribution in [-0.4, -0.2) is 13.1 Å². The van der Waals surface area contributed by atoms with E-state index < -0.39 is 0 Å². The molecule has 0 saturated heterocycles. The van der Waals surface area contributed by atoms with Gasteiger partial charge in [-0.1, -0.05) is 24.3 Å². The first kappa shape index (κ1) is 10.4. The summed E-state index contributed by atoms with van der Waals surface area (Å²) in [5, 5.41) is 0.552. The number of hydrogen-bond donors (Lipinski definition) is 1. The molecule has 1 aromatic heterocycles. The van der Waals surface area contributed by atoms with Gasteiger partial charge in [0.2, 0.25) is 0 Å². The zero-order valence-electron chi connectivity index (χ0n) is 9.32. The zero-order chi connectivity index (χ0) is 12.0. The van der Waals surface area contributed by atoms with Gasteiger partial charge in [0.1, 0.15) is 10.6 Å². The van der Waals surface area contributed by atoms with Crippen LogP contribution in [0.2, 0.25) is 0 Å². The summed E-state index contributed by atoms with van der Waals surface area (Å²) in [5.41, 5.74) is 9.75. The molecule has 1 aliphatic carbocycles. The van der Waals surface area contributed by atoms with Crippen LogP contribution in [0.3, 0.4) is 0 Å². The molecule has 0 fully saturated rings. The summed E-state index contributed by atoms with van der Waals surface area (Å²) in [4.78, 5) is 12.9. The van der Waals surface area contributed by atoms with Gasteiger partial charge in [-0.2, -0.15) is 0 Å². The second kappa shape index (κ2) is 3.60. The molecule has 0 saturated carbocycles. The summed E-state index contributed by atoms with van der Waals surface area (Å²) in [6.45, 7) is 0. The number of rotatable bonds is 1. The fourth-order valence-corrected chi connectivity index (χ4v) is 3.40. The van der Waals surface area contributed by atoms with Crippen molar-refractivity contribution in [3.05, 3.63) is 40.3 Å². The Labute approximate surface area is 103 Å². The maximum absolute atomic E-state index is 11.8. The summed E-state index contributed by atoms with van der Waals surface area (Å²) in [7, 11) is 1.38. The zero-order valence-corrected chi connectivity index (χ0v) is 10.1. The Morgan fingerprint density at radius 3 is 2.94 bits per heavy atom. The first-order valence-electron chi connectivity index (χ1n) is 5.30. The Kier molecular flexibility index (Phi) is 2.19. The molecule has 0 amide bonds. The first-order valence-corrected chi connectivity index (χ1v) is 6.11.